The minimum Gasteiger partial charge on any atom is -0.355 e. The Bertz CT molecular complexity index is 1070. The van der Waals surface area contributed by atoms with Crippen LogP contribution >= 0.6 is 0 Å². The summed E-state index contributed by atoms with van der Waals surface area (Å²) in [5.41, 5.74) is 2.66. The Balaban J connectivity index is 2.42. The van der Waals surface area contributed by atoms with Crippen molar-refractivity contribution in [1.82, 2.24) is 10.2 Å². The highest BCUT2D eigenvalue weighted by Crippen LogP contribution is 2.25. The standard InChI is InChI=1S/C23H30FN3O4S/c1-6-25-23(29)18(4)26(14-19-10-12-20(24)13-11-19)22(28)15-27(32(5,30)31)21-9-7-8-16(2)17(21)3/h7-13,18H,6,14-15H2,1-5H3,(H,25,29)/t18-/m1/s1. The van der Waals surface area contributed by atoms with Crippen LogP contribution in [0.2, 0.25) is 0 Å². The summed E-state index contributed by atoms with van der Waals surface area (Å²) in [5.74, 6) is -1.32. The van der Waals surface area contributed by atoms with E-state index < -0.39 is 34.3 Å². The number of sulfonamides is 1. The molecular weight excluding hydrogens is 433 g/mol. The fourth-order valence-electron chi connectivity index (χ4n) is 3.29. The highest BCUT2D eigenvalue weighted by atomic mass is 32.2. The van der Waals surface area contributed by atoms with Crippen molar-refractivity contribution in [3.63, 3.8) is 0 Å². The number of aryl methyl sites for hydroxylation is 1. The molecule has 2 amide bonds. The van der Waals surface area contributed by atoms with Gasteiger partial charge in [-0.3, -0.25) is 13.9 Å². The highest BCUT2D eigenvalue weighted by Gasteiger charge is 2.30. The Labute approximate surface area is 189 Å². The van der Waals surface area contributed by atoms with E-state index in [1.165, 1.54) is 29.2 Å². The lowest BCUT2D eigenvalue weighted by atomic mass is 10.1. The van der Waals surface area contributed by atoms with E-state index in [9.17, 15) is 22.4 Å². The summed E-state index contributed by atoms with van der Waals surface area (Å²) in [6.45, 7) is 6.95. The molecule has 174 valence electrons. The maximum Gasteiger partial charge on any atom is 0.244 e. The van der Waals surface area contributed by atoms with Gasteiger partial charge in [0, 0.05) is 13.1 Å². The second kappa shape index (κ2) is 10.6. The zero-order valence-corrected chi connectivity index (χ0v) is 19.9. The van der Waals surface area contributed by atoms with E-state index in [4.69, 9.17) is 0 Å². The number of nitrogens with zero attached hydrogens (tertiary/aromatic N) is 2. The van der Waals surface area contributed by atoms with Crippen LogP contribution < -0.4 is 9.62 Å². The van der Waals surface area contributed by atoms with E-state index in [0.29, 0.717) is 17.8 Å². The lowest BCUT2D eigenvalue weighted by molar-refractivity contribution is -0.139. The molecule has 7 nitrogen and oxygen atoms in total. The van der Waals surface area contributed by atoms with Crippen molar-refractivity contribution < 1.29 is 22.4 Å². The lowest BCUT2D eigenvalue weighted by Crippen LogP contribution is -2.51. The van der Waals surface area contributed by atoms with Crippen LogP contribution in [0.1, 0.15) is 30.5 Å². The number of halogens is 1. The Hall–Kier alpha value is -2.94. The number of anilines is 1. The summed E-state index contributed by atoms with van der Waals surface area (Å²) < 4.78 is 39.5. The molecule has 0 spiro atoms. The quantitative estimate of drug-likeness (QED) is 0.620. The number of nitrogens with one attached hydrogen (secondary N) is 1. The molecule has 0 saturated heterocycles. The fraction of sp³-hybridized carbons (Fsp3) is 0.391. The van der Waals surface area contributed by atoms with Gasteiger partial charge in [-0.15, -0.1) is 0 Å². The van der Waals surface area contributed by atoms with Gasteiger partial charge in [0.25, 0.3) is 0 Å². The summed E-state index contributed by atoms with van der Waals surface area (Å²) in [5, 5.41) is 2.68. The molecule has 0 aromatic heterocycles. The van der Waals surface area contributed by atoms with Crippen LogP contribution in [0.25, 0.3) is 0 Å². The number of likely N-dealkylation sites (N-methyl/N-ethyl adjacent to an activating group) is 1. The first-order valence-corrected chi connectivity index (χ1v) is 12.2. The first-order valence-electron chi connectivity index (χ1n) is 10.3. The van der Waals surface area contributed by atoms with Gasteiger partial charge >= 0.3 is 0 Å². The summed E-state index contributed by atoms with van der Waals surface area (Å²) >= 11 is 0. The number of amides is 2. The molecule has 0 aliphatic heterocycles. The van der Waals surface area contributed by atoms with E-state index >= 15 is 0 Å². The Morgan fingerprint density at radius 2 is 1.72 bits per heavy atom. The Morgan fingerprint density at radius 1 is 1.09 bits per heavy atom. The van der Waals surface area contributed by atoms with Gasteiger partial charge in [-0.25, -0.2) is 12.8 Å². The van der Waals surface area contributed by atoms with Gasteiger partial charge < -0.3 is 10.2 Å². The third-order valence-electron chi connectivity index (χ3n) is 5.31. The average molecular weight is 464 g/mol. The number of benzene rings is 2. The monoisotopic (exact) mass is 463 g/mol. The van der Waals surface area contributed by atoms with Gasteiger partial charge in [0.1, 0.15) is 18.4 Å². The minimum absolute atomic E-state index is 0.0296. The summed E-state index contributed by atoms with van der Waals surface area (Å²) in [4.78, 5) is 27.2. The van der Waals surface area contributed by atoms with Crippen LogP contribution in [0.3, 0.4) is 0 Å². The van der Waals surface area contributed by atoms with E-state index in [-0.39, 0.29) is 12.5 Å². The number of hydrogen-bond acceptors (Lipinski definition) is 4. The molecule has 0 radical (unpaired) electrons. The zero-order valence-electron chi connectivity index (χ0n) is 19.1. The molecule has 0 bridgehead atoms. The van der Waals surface area contributed by atoms with Gasteiger partial charge in [-0.05, 0) is 62.6 Å². The molecule has 0 heterocycles. The normalized spacial score (nSPS) is 12.2. The van der Waals surface area contributed by atoms with E-state index in [2.05, 4.69) is 5.32 Å². The van der Waals surface area contributed by atoms with Gasteiger partial charge in [0.05, 0.1) is 11.9 Å². The van der Waals surface area contributed by atoms with Crippen molar-refractivity contribution in [1.29, 1.82) is 0 Å². The molecule has 9 heteroatoms. The number of carbonyl (C=O) groups excluding carboxylic acids is 2. The molecule has 0 unspecified atom stereocenters. The topological polar surface area (TPSA) is 86.8 Å². The smallest absolute Gasteiger partial charge is 0.244 e. The van der Waals surface area contributed by atoms with Crippen LogP contribution in [0.5, 0.6) is 0 Å². The van der Waals surface area contributed by atoms with Crippen LogP contribution in [0.15, 0.2) is 42.5 Å². The summed E-state index contributed by atoms with van der Waals surface area (Å²) in [6, 6.07) is 9.98. The zero-order chi connectivity index (χ0) is 24.1. The molecule has 1 N–H and O–H groups in total. The Morgan fingerprint density at radius 3 is 2.28 bits per heavy atom. The summed E-state index contributed by atoms with van der Waals surface area (Å²) in [7, 11) is -3.78. The SMILES string of the molecule is CCNC(=O)[C@@H](C)N(Cc1ccc(F)cc1)C(=O)CN(c1cccc(C)c1C)S(C)(=O)=O. The lowest BCUT2D eigenvalue weighted by Gasteiger charge is -2.32. The van der Waals surface area contributed by atoms with Crippen molar-refractivity contribution in [2.75, 3.05) is 23.7 Å². The minimum atomic E-state index is -3.78. The van der Waals surface area contributed by atoms with E-state index in [0.717, 1.165) is 21.7 Å². The molecule has 32 heavy (non-hydrogen) atoms. The molecule has 2 aromatic rings. The predicted octanol–water partition coefficient (Wildman–Crippen LogP) is 2.76. The van der Waals surface area contributed by atoms with Crippen molar-refractivity contribution in [3.05, 3.63) is 65.0 Å². The van der Waals surface area contributed by atoms with Crippen LogP contribution in [-0.2, 0) is 26.2 Å². The second-order valence-electron chi connectivity index (χ2n) is 7.71. The van der Waals surface area contributed by atoms with Crippen molar-refractivity contribution >= 4 is 27.5 Å². The molecule has 2 aromatic carbocycles. The molecule has 0 aliphatic carbocycles. The predicted molar refractivity (Wildman–Crippen MR) is 123 cm³/mol. The van der Waals surface area contributed by atoms with Crippen LogP contribution in [-0.4, -0.2) is 50.5 Å². The summed E-state index contributed by atoms with van der Waals surface area (Å²) in [6.07, 6.45) is 1.04. The van der Waals surface area contributed by atoms with Gasteiger partial charge in [-0.1, -0.05) is 24.3 Å². The first kappa shape index (κ1) is 25.3. The molecule has 2 rings (SSSR count). The second-order valence-corrected chi connectivity index (χ2v) is 9.61. The van der Waals surface area contributed by atoms with Crippen LogP contribution in [0.4, 0.5) is 10.1 Å². The third-order valence-corrected chi connectivity index (χ3v) is 6.43. The van der Waals surface area contributed by atoms with E-state index in [1.807, 2.05) is 13.0 Å². The van der Waals surface area contributed by atoms with Gasteiger partial charge in [0.15, 0.2) is 0 Å². The molecule has 1 atom stereocenters. The van der Waals surface area contributed by atoms with Gasteiger partial charge in [-0.2, -0.15) is 0 Å². The van der Waals surface area contributed by atoms with Crippen molar-refractivity contribution in [2.45, 2.75) is 40.3 Å². The highest BCUT2D eigenvalue weighted by molar-refractivity contribution is 7.92. The van der Waals surface area contributed by atoms with Crippen molar-refractivity contribution in [2.24, 2.45) is 0 Å². The molecule has 0 aliphatic rings. The maximum absolute atomic E-state index is 13.4. The van der Waals surface area contributed by atoms with Crippen LogP contribution in [0, 0.1) is 19.7 Å². The molecular formula is C23H30FN3O4S. The first-order chi connectivity index (χ1) is 15.0. The average Bonchev–Trinajstić information content (AvgIpc) is 2.72. The number of rotatable bonds is 9. The molecule has 0 saturated carbocycles. The Kier molecular flexibility index (Phi) is 8.38. The fourth-order valence-corrected chi connectivity index (χ4v) is 4.19. The number of carbonyl (C=O) groups is 2. The number of hydrogen-bond donors (Lipinski definition) is 1. The van der Waals surface area contributed by atoms with Crippen molar-refractivity contribution in [3.8, 4) is 0 Å². The maximum atomic E-state index is 13.4. The third kappa shape index (κ3) is 6.29. The molecule has 0 fully saturated rings. The van der Waals surface area contributed by atoms with E-state index in [1.54, 1.807) is 32.9 Å². The van der Waals surface area contributed by atoms with Gasteiger partial charge in [0.2, 0.25) is 21.8 Å². The largest absolute Gasteiger partial charge is 0.355 e.